The number of amides is 1. The topological polar surface area (TPSA) is 87.3 Å². The Bertz CT molecular complexity index is 813. The Kier molecular flexibility index (Phi) is 3.93. The van der Waals surface area contributed by atoms with Gasteiger partial charge in [0.25, 0.3) is 11.8 Å². The molecule has 2 N–H and O–H groups in total. The number of carbonyl (C=O) groups is 1. The molecule has 0 spiro atoms. The van der Waals surface area contributed by atoms with E-state index in [9.17, 15) is 18.4 Å². The van der Waals surface area contributed by atoms with Crippen LogP contribution in [0.25, 0.3) is 0 Å². The number of ether oxygens (including phenoxy) is 1. The highest BCUT2D eigenvalue weighted by molar-refractivity contribution is 5.78. The van der Waals surface area contributed by atoms with Gasteiger partial charge in [-0.1, -0.05) is 0 Å². The smallest absolute Gasteiger partial charge is 0.347 e. The molecule has 0 unspecified atom stereocenters. The first-order chi connectivity index (χ1) is 13.3. The lowest BCUT2D eigenvalue weighted by molar-refractivity contribution is -0.129. The van der Waals surface area contributed by atoms with E-state index >= 15 is 0 Å². The molecule has 4 saturated carbocycles. The normalized spacial score (nSPS) is 34.8. The first-order valence-corrected chi connectivity index (χ1v) is 9.95. The average Bonchev–Trinajstić information content (AvgIpc) is 2.56. The summed E-state index contributed by atoms with van der Waals surface area (Å²) in [4.78, 5) is 31.5. The van der Waals surface area contributed by atoms with Crippen molar-refractivity contribution < 1.29 is 18.3 Å². The van der Waals surface area contributed by atoms with E-state index in [0.29, 0.717) is 17.8 Å². The van der Waals surface area contributed by atoms with Crippen molar-refractivity contribution in [1.82, 2.24) is 15.3 Å². The molecule has 0 atom stereocenters. The van der Waals surface area contributed by atoms with Crippen LogP contribution in [0.3, 0.4) is 0 Å². The second-order valence-electron chi connectivity index (χ2n) is 9.15. The van der Waals surface area contributed by atoms with Gasteiger partial charge in [0, 0.05) is 5.54 Å². The minimum Gasteiger partial charge on any atom is -0.467 e. The van der Waals surface area contributed by atoms with Crippen molar-refractivity contribution in [1.29, 1.82) is 0 Å². The van der Waals surface area contributed by atoms with Gasteiger partial charge in [-0.25, -0.2) is 13.6 Å². The van der Waals surface area contributed by atoms with Crippen LogP contribution in [0.4, 0.5) is 14.5 Å². The predicted octanol–water partition coefficient (Wildman–Crippen LogP) is 1.69. The van der Waals surface area contributed by atoms with Gasteiger partial charge in [-0.3, -0.25) is 9.78 Å². The molecule has 28 heavy (non-hydrogen) atoms. The molecule has 1 saturated heterocycles. The van der Waals surface area contributed by atoms with Crippen LogP contribution in [-0.2, 0) is 4.79 Å². The zero-order valence-corrected chi connectivity index (χ0v) is 15.5. The van der Waals surface area contributed by atoms with Crippen molar-refractivity contribution in [2.75, 3.05) is 24.6 Å². The number of halogens is 2. The van der Waals surface area contributed by atoms with Crippen molar-refractivity contribution in [3.63, 3.8) is 0 Å². The van der Waals surface area contributed by atoms with Crippen LogP contribution in [-0.4, -0.2) is 47.0 Å². The van der Waals surface area contributed by atoms with Crippen molar-refractivity contribution in [3.05, 3.63) is 16.7 Å². The van der Waals surface area contributed by atoms with Gasteiger partial charge in [0.05, 0.1) is 19.3 Å². The van der Waals surface area contributed by atoms with Crippen LogP contribution in [0.5, 0.6) is 5.88 Å². The number of aromatic nitrogens is 2. The molecule has 1 aliphatic heterocycles. The van der Waals surface area contributed by atoms with E-state index in [2.05, 4.69) is 15.3 Å². The van der Waals surface area contributed by atoms with E-state index in [0.717, 1.165) is 19.3 Å². The van der Waals surface area contributed by atoms with Crippen LogP contribution >= 0.6 is 0 Å². The number of nitrogens with one attached hydrogen (secondary N) is 2. The van der Waals surface area contributed by atoms with Gasteiger partial charge >= 0.3 is 5.69 Å². The summed E-state index contributed by atoms with van der Waals surface area (Å²) in [5.74, 6) is -0.852. The minimum absolute atomic E-state index is 0.0103. The van der Waals surface area contributed by atoms with Crippen molar-refractivity contribution in [2.24, 2.45) is 17.8 Å². The predicted molar refractivity (Wildman–Crippen MR) is 96.6 cm³/mol. The summed E-state index contributed by atoms with van der Waals surface area (Å²) >= 11 is 0. The van der Waals surface area contributed by atoms with Crippen LogP contribution in [0.2, 0.25) is 0 Å². The highest BCUT2D eigenvalue weighted by atomic mass is 19.3. The second-order valence-corrected chi connectivity index (χ2v) is 9.15. The lowest BCUT2D eigenvalue weighted by atomic mass is 9.53. The van der Waals surface area contributed by atoms with Crippen LogP contribution in [0, 0.1) is 17.8 Å². The van der Waals surface area contributed by atoms with Gasteiger partial charge in [-0.2, -0.15) is 4.98 Å². The summed E-state index contributed by atoms with van der Waals surface area (Å²) < 4.78 is 31.9. The number of anilines is 1. The summed E-state index contributed by atoms with van der Waals surface area (Å²) in [5, 5.41) is 3.19. The zero-order valence-electron chi connectivity index (χ0n) is 15.5. The molecule has 0 aromatic carbocycles. The minimum atomic E-state index is -2.76. The third-order valence-corrected chi connectivity index (χ3v) is 6.73. The number of carbonyl (C=O) groups excluding carboxylic acids is 1. The summed E-state index contributed by atoms with van der Waals surface area (Å²) in [6, 6.07) is 0. The van der Waals surface area contributed by atoms with Gasteiger partial charge in [0.15, 0.2) is 6.61 Å². The first-order valence-electron chi connectivity index (χ1n) is 9.95. The summed E-state index contributed by atoms with van der Waals surface area (Å²) in [6.07, 6.45) is 8.16. The number of aromatic amines is 1. The number of nitrogens with zero attached hydrogens (tertiary/aromatic N) is 2. The number of rotatable bonds is 5. The van der Waals surface area contributed by atoms with E-state index in [1.165, 1.54) is 30.4 Å². The van der Waals surface area contributed by atoms with E-state index in [-0.39, 0.29) is 29.6 Å². The Balaban J connectivity index is 1.24. The number of hydrogen-bond acceptors (Lipinski definition) is 5. The Hall–Kier alpha value is -2.19. The van der Waals surface area contributed by atoms with Crippen molar-refractivity contribution >= 4 is 11.6 Å². The summed E-state index contributed by atoms with van der Waals surface area (Å²) in [7, 11) is 0. The molecule has 1 aromatic heterocycles. The highest BCUT2D eigenvalue weighted by Gasteiger charge is 2.51. The summed E-state index contributed by atoms with van der Waals surface area (Å²) in [5.41, 5.74) is -0.496. The van der Waals surface area contributed by atoms with E-state index < -0.39 is 24.7 Å². The Morgan fingerprint density at radius 1 is 1.21 bits per heavy atom. The fraction of sp³-hybridized carbons (Fsp3) is 0.737. The maximum atomic E-state index is 13.2. The SMILES string of the molecule is O=C(COc1[nH]c(=O)ncc1N1CC(F)(F)C1)NC12CC3CC(CC(C3)C1)C2. The molecule has 7 nitrogen and oxygen atoms in total. The molecule has 4 aliphatic carbocycles. The Morgan fingerprint density at radius 2 is 1.82 bits per heavy atom. The quantitative estimate of drug-likeness (QED) is 0.794. The fourth-order valence-electron chi connectivity index (χ4n) is 6.12. The highest BCUT2D eigenvalue weighted by Crippen LogP contribution is 2.55. The fourth-order valence-corrected chi connectivity index (χ4v) is 6.12. The standard InChI is InChI=1S/C19H24F2N4O3/c20-19(21)9-25(10-19)14-7-22-17(27)23-16(14)28-8-15(26)24-18-4-11-1-12(5-18)3-13(2-11)6-18/h7,11-13H,1-6,8-10H2,(H,24,26)(H,22,23,27). The van der Waals surface area contributed by atoms with Gasteiger partial charge in [-0.15, -0.1) is 0 Å². The molecule has 9 heteroatoms. The Labute approximate surface area is 160 Å². The van der Waals surface area contributed by atoms with Crippen LogP contribution in [0.1, 0.15) is 38.5 Å². The number of H-pyrrole nitrogens is 1. The molecule has 5 aliphatic rings. The molecular weight excluding hydrogens is 370 g/mol. The summed E-state index contributed by atoms with van der Waals surface area (Å²) in [6.45, 7) is -1.19. The average molecular weight is 394 g/mol. The molecule has 5 fully saturated rings. The lowest BCUT2D eigenvalue weighted by Crippen LogP contribution is -2.60. The molecule has 1 amide bonds. The van der Waals surface area contributed by atoms with E-state index in [1.54, 1.807) is 0 Å². The third kappa shape index (κ3) is 3.24. The van der Waals surface area contributed by atoms with Crippen molar-refractivity contribution in [3.8, 4) is 5.88 Å². The van der Waals surface area contributed by atoms with E-state index in [4.69, 9.17) is 4.74 Å². The first kappa shape index (κ1) is 17.9. The number of alkyl halides is 2. The van der Waals surface area contributed by atoms with E-state index in [1.807, 2.05) is 0 Å². The molecule has 152 valence electrons. The largest absolute Gasteiger partial charge is 0.467 e. The van der Waals surface area contributed by atoms with Crippen molar-refractivity contribution in [2.45, 2.75) is 50.0 Å². The molecule has 1 aromatic rings. The van der Waals surface area contributed by atoms with Gasteiger partial charge in [0.2, 0.25) is 5.88 Å². The molecule has 2 heterocycles. The van der Waals surface area contributed by atoms with Gasteiger partial charge in [-0.05, 0) is 56.3 Å². The van der Waals surface area contributed by atoms with Crippen LogP contribution < -0.4 is 20.6 Å². The lowest BCUT2D eigenvalue weighted by Gasteiger charge is -2.56. The van der Waals surface area contributed by atoms with Gasteiger partial charge < -0.3 is 15.0 Å². The Morgan fingerprint density at radius 3 is 2.39 bits per heavy atom. The third-order valence-electron chi connectivity index (χ3n) is 6.73. The molecule has 6 rings (SSSR count). The van der Waals surface area contributed by atoms with Crippen LogP contribution in [0.15, 0.2) is 11.0 Å². The number of hydrogen-bond donors (Lipinski definition) is 2. The molecule has 4 bridgehead atoms. The zero-order chi connectivity index (χ0) is 19.5. The second kappa shape index (κ2) is 6.15. The monoisotopic (exact) mass is 394 g/mol. The maximum absolute atomic E-state index is 13.2. The molecular formula is C19H24F2N4O3. The molecule has 0 radical (unpaired) electrons. The maximum Gasteiger partial charge on any atom is 0.347 e. The van der Waals surface area contributed by atoms with Gasteiger partial charge in [0.1, 0.15) is 5.69 Å².